The fourth-order valence-electron chi connectivity index (χ4n) is 4.13. The van der Waals surface area contributed by atoms with Gasteiger partial charge in [0.05, 0.1) is 27.0 Å². The maximum absolute atomic E-state index is 12.8. The van der Waals surface area contributed by atoms with Crippen LogP contribution >= 0.6 is 11.8 Å². The van der Waals surface area contributed by atoms with Gasteiger partial charge in [0, 0.05) is 34.3 Å². The third-order valence-electron chi connectivity index (χ3n) is 5.57. The first kappa shape index (κ1) is 22.2. The molecule has 0 saturated carbocycles. The highest BCUT2D eigenvalue weighted by Gasteiger charge is 2.41. The number of nitrogens with zero attached hydrogens (tertiary/aromatic N) is 1. The van der Waals surface area contributed by atoms with Gasteiger partial charge < -0.3 is 18.9 Å². The summed E-state index contributed by atoms with van der Waals surface area (Å²) in [5, 5.41) is -0.174. The Morgan fingerprint density at radius 2 is 1.72 bits per heavy atom. The first-order chi connectivity index (χ1) is 15.5. The average molecular weight is 456 g/mol. The van der Waals surface area contributed by atoms with Gasteiger partial charge in [-0.25, -0.2) is 0 Å². The Bertz CT molecular complexity index is 1060. The molecule has 4 rings (SSSR count). The van der Waals surface area contributed by atoms with Crippen LogP contribution in [-0.2, 0) is 14.3 Å². The fraction of sp³-hybridized carbons (Fsp3) is 0.375. The van der Waals surface area contributed by atoms with E-state index in [2.05, 4.69) is 0 Å². The molecule has 2 aliphatic heterocycles. The van der Waals surface area contributed by atoms with E-state index in [9.17, 15) is 9.59 Å². The van der Waals surface area contributed by atoms with Crippen LogP contribution in [0.1, 0.15) is 30.6 Å². The third-order valence-corrected chi connectivity index (χ3v) is 6.88. The number of hydrogen-bond acceptors (Lipinski definition) is 8. The van der Waals surface area contributed by atoms with Crippen LogP contribution in [0.3, 0.4) is 0 Å². The highest BCUT2D eigenvalue weighted by molar-refractivity contribution is 7.99. The number of thioether (sulfide) groups is 1. The van der Waals surface area contributed by atoms with Gasteiger partial charge in [-0.05, 0) is 25.1 Å². The molecule has 0 bridgehead atoms. The smallest absolute Gasteiger partial charge is 0.322 e. The van der Waals surface area contributed by atoms with Crippen molar-refractivity contribution in [1.29, 1.82) is 0 Å². The number of carbonyl (C=O) groups is 2. The van der Waals surface area contributed by atoms with E-state index in [4.69, 9.17) is 23.9 Å². The van der Waals surface area contributed by atoms with E-state index >= 15 is 0 Å². The van der Waals surface area contributed by atoms with Crippen LogP contribution in [0.4, 0.5) is 5.69 Å². The van der Waals surface area contributed by atoms with Gasteiger partial charge in [0.25, 0.3) is 0 Å². The molecule has 2 heterocycles. The average Bonchev–Trinajstić information content (AvgIpc) is 2.96. The van der Waals surface area contributed by atoms with Crippen molar-refractivity contribution in [3.63, 3.8) is 0 Å². The number of ether oxygens (including phenoxy) is 4. The molecule has 168 valence electrons. The molecule has 2 aromatic carbocycles. The number of rotatable bonds is 5. The van der Waals surface area contributed by atoms with Gasteiger partial charge in [0.2, 0.25) is 5.75 Å². The summed E-state index contributed by atoms with van der Waals surface area (Å²) >= 11 is 1.61. The number of methoxy groups -OCH3 is 3. The van der Waals surface area contributed by atoms with Gasteiger partial charge in [-0.3, -0.25) is 14.6 Å². The molecule has 3 unspecified atom stereocenters. The minimum atomic E-state index is -0.994. The number of esters is 1. The summed E-state index contributed by atoms with van der Waals surface area (Å²) in [6.07, 6.45) is 0.153. The Balaban J connectivity index is 1.82. The van der Waals surface area contributed by atoms with Gasteiger partial charge in [0.1, 0.15) is 6.10 Å². The summed E-state index contributed by atoms with van der Waals surface area (Å²) in [5.41, 5.74) is 2.10. The Kier molecular flexibility index (Phi) is 6.41. The van der Waals surface area contributed by atoms with Gasteiger partial charge in [0.15, 0.2) is 23.2 Å². The van der Waals surface area contributed by atoms with Crippen LogP contribution in [0.15, 0.2) is 46.3 Å². The Labute approximate surface area is 191 Å². The summed E-state index contributed by atoms with van der Waals surface area (Å²) in [6.45, 7) is 1.73. The van der Waals surface area contributed by atoms with E-state index in [0.29, 0.717) is 29.4 Å². The lowest BCUT2D eigenvalue weighted by Crippen LogP contribution is -2.41. The van der Waals surface area contributed by atoms with E-state index in [-0.39, 0.29) is 17.5 Å². The minimum Gasteiger partial charge on any atom is -0.493 e. The second-order valence-corrected chi connectivity index (χ2v) is 8.90. The molecule has 0 aromatic heterocycles. The van der Waals surface area contributed by atoms with Crippen molar-refractivity contribution in [2.24, 2.45) is 10.9 Å². The molecular formula is C24H25NO6S. The van der Waals surface area contributed by atoms with Crippen molar-refractivity contribution >= 4 is 34.9 Å². The molecule has 1 saturated heterocycles. The molecule has 0 spiro atoms. The Morgan fingerprint density at radius 1 is 0.969 bits per heavy atom. The molecule has 1 fully saturated rings. The number of para-hydroxylation sites is 1. The lowest BCUT2D eigenvalue weighted by Gasteiger charge is -2.27. The van der Waals surface area contributed by atoms with Crippen LogP contribution in [-0.4, -0.2) is 44.9 Å². The molecule has 8 heteroatoms. The lowest BCUT2D eigenvalue weighted by atomic mass is 9.88. The normalized spacial score (nSPS) is 22.9. The topological polar surface area (TPSA) is 83.4 Å². The van der Waals surface area contributed by atoms with Gasteiger partial charge in [-0.2, -0.15) is 0 Å². The summed E-state index contributed by atoms with van der Waals surface area (Å²) < 4.78 is 22.1. The molecule has 7 nitrogen and oxygen atoms in total. The number of ketones is 1. The second kappa shape index (κ2) is 9.24. The minimum absolute atomic E-state index is 0.157. The quantitative estimate of drug-likeness (QED) is 0.483. The number of carbonyl (C=O) groups excluding carboxylic acids is 2. The predicted molar refractivity (Wildman–Crippen MR) is 122 cm³/mol. The first-order valence-corrected chi connectivity index (χ1v) is 11.2. The summed E-state index contributed by atoms with van der Waals surface area (Å²) in [6, 6.07) is 11.4. The van der Waals surface area contributed by atoms with E-state index in [1.807, 2.05) is 36.4 Å². The highest BCUT2D eigenvalue weighted by Crippen LogP contribution is 2.51. The summed E-state index contributed by atoms with van der Waals surface area (Å²) in [4.78, 5) is 31.3. The van der Waals surface area contributed by atoms with Gasteiger partial charge >= 0.3 is 5.97 Å². The van der Waals surface area contributed by atoms with Crippen molar-refractivity contribution in [3.8, 4) is 17.2 Å². The van der Waals surface area contributed by atoms with Crippen molar-refractivity contribution < 1.29 is 28.5 Å². The van der Waals surface area contributed by atoms with Crippen LogP contribution < -0.4 is 14.2 Å². The molecule has 2 aliphatic rings. The summed E-state index contributed by atoms with van der Waals surface area (Å²) in [7, 11) is 4.71. The van der Waals surface area contributed by atoms with Crippen LogP contribution in [0.2, 0.25) is 0 Å². The zero-order chi connectivity index (χ0) is 22.8. The van der Waals surface area contributed by atoms with Crippen molar-refractivity contribution in [2.75, 3.05) is 21.3 Å². The summed E-state index contributed by atoms with van der Waals surface area (Å²) in [5.74, 6) is -0.0854. The zero-order valence-corrected chi connectivity index (χ0v) is 19.2. The van der Waals surface area contributed by atoms with E-state index in [1.165, 1.54) is 0 Å². The number of fused-ring (bicyclic) bond motifs is 1. The Hall–Kier alpha value is -3.00. The standard InChI is InChI=1S/C24H25NO6S/c1-13-11-17(26)21(24(27)31-13)16-12-20(32-19-8-6-5-7-15(19)25-16)14-9-10-18(28-2)23(30-4)22(14)29-3/h5-10,13,20-21H,11-12H2,1-4H3. The van der Waals surface area contributed by atoms with Gasteiger partial charge in [-0.1, -0.05) is 18.2 Å². The maximum Gasteiger partial charge on any atom is 0.322 e. The second-order valence-electron chi connectivity index (χ2n) is 7.66. The number of hydrogen-bond donors (Lipinski definition) is 0. The molecule has 2 aromatic rings. The molecule has 0 radical (unpaired) electrons. The molecule has 3 atom stereocenters. The van der Waals surface area contributed by atoms with Crippen molar-refractivity contribution in [2.45, 2.75) is 36.0 Å². The van der Waals surface area contributed by atoms with E-state index in [1.54, 1.807) is 40.0 Å². The van der Waals surface area contributed by atoms with Crippen LogP contribution in [0.25, 0.3) is 0 Å². The number of cyclic esters (lactones) is 1. The third kappa shape index (κ3) is 4.07. The first-order valence-electron chi connectivity index (χ1n) is 10.3. The van der Waals surface area contributed by atoms with E-state index in [0.717, 1.165) is 16.1 Å². The van der Waals surface area contributed by atoms with E-state index < -0.39 is 18.0 Å². The zero-order valence-electron chi connectivity index (χ0n) is 18.4. The lowest BCUT2D eigenvalue weighted by molar-refractivity contribution is -0.160. The molecule has 0 amide bonds. The van der Waals surface area contributed by atoms with Crippen LogP contribution in [0.5, 0.6) is 17.2 Å². The number of Topliss-reactive ketones (excluding diaryl/α,β-unsaturated/α-hetero) is 1. The number of benzene rings is 2. The van der Waals surface area contributed by atoms with Crippen molar-refractivity contribution in [1.82, 2.24) is 0 Å². The van der Waals surface area contributed by atoms with Gasteiger partial charge in [-0.15, -0.1) is 11.8 Å². The predicted octanol–water partition coefficient (Wildman–Crippen LogP) is 4.54. The highest BCUT2D eigenvalue weighted by atomic mass is 32.2. The molecule has 0 aliphatic carbocycles. The molecule has 0 N–H and O–H groups in total. The molecule has 32 heavy (non-hydrogen) atoms. The van der Waals surface area contributed by atoms with Crippen molar-refractivity contribution in [3.05, 3.63) is 42.0 Å². The largest absolute Gasteiger partial charge is 0.493 e. The SMILES string of the molecule is COc1ccc(C2CC(C3C(=O)CC(C)OC3=O)=Nc3ccccc3S2)c(OC)c1OC. The fourth-order valence-corrected chi connectivity index (χ4v) is 5.40. The monoisotopic (exact) mass is 455 g/mol. The van der Waals surface area contributed by atoms with Crippen LogP contribution in [0, 0.1) is 5.92 Å². The maximum atomic E-state index is 12.8. The Morgan fingerprint density at radius 3 is 2.41 bits per heavy atom. The molecular weight excluding hydrogens is 430 g/mol. The number of aliphatic imine (C=N–C) groups is 1.